The summed E-state index contributed by atoms with van der Waals surface area (Å²) in [6.07, 6.45) is 1.57. The summed E-state index contributed by atoms with van der Waals surface area (Å²) in [5.41, 5.74) is 6.70. The van der Waals surface area contributed by atoms with Crippen molar-refractivity contribution >= 4 is 21.6 Å². The molecule has 1 aliphatic heterocycles. The van der Waals surface area contributed by atoms with Crippen molar-refractivity contribution in [3.05, 3.63) is 60.2 Å². The van der Waals surface area contributed by atoms with Crippen LogP contribution in [0.15, 0.2) is 59.5 Å². The Hall–Kier alpha value is -2.38. The van der Waals surface area contributed by atoms with Crippen LogP contribution >= 0.6 is 0 Å². The van der Waals surface area contributed by atoms with Gasteiger partial charge in [-0.1, -0.05) is 24.3 Å². The van der Waals surface area contributed by atoms with Gasteiger partial charge >= 0.3 is 0 Å². The normalized spacial score (nSPS) is 15.8. The molecule has 7 heteroatoms. The third kappa shape index (κ3) is 4.18. The molecule has 1 amide bonds. The molecule has 1 fully saturated rings. The first kappa shape index (κ1) is 17.4. The Balaban J connectivity index is 1.77. The Morgan fingerprint density at radius 1 is 1.04 bits per heavy atom. The minimum Gasteiger partial charge on any atom is -0.339 e. The lowest BCUT2D eigenvalue weighted by Gasteiger charge is -2.30. The molecule has 0 radical (unpaired) electrons. The second-order valence-electron chi connectivity index (χ2n) is 6.13. The molecule has 6 nitrogen and oxygen atoms in total. The number of nitrogens with two attached hydrogens (primary N) is 1. The third-order valence-corrected chi connectivity index (χ3v) is 5.64. The van der Waals surface area contributed by atoms with Crippen LogP contribution in [0.3, 0.4) is 0 Å². The maximum atomic E-state index is 12.6. The Labute approximate surface area is 147 Å². The maximum Gasteiger partial charge on any atom is 0.261 e. The molecule has 0 unspecified atom stereocenters. The number of sulfonamides is 1. The van der Waals surface area contributed by atoms with Crippen LogP contribution in [0.25, 0.3) is 0 Å². The molecular formula is C18H21N3O3S. The van der Waals surface area contributed by atoms with Crippen LogP contribution in [-0.4, -0.2) is 38.4 Å². The average molecular weight is 359 g/mol. The highest BCUT2D eigenvalue weighted by Crippen LogP contribution is 2.19. The minimum absolute atomic E-state index is 0.104. The standard InChI is InChI=1S/C18H21N3O3S/c19-15-9-11-21(12-10-15)18(22)14-5-4-6-16(13-14)20-25(23,24)17-7-2-1-3-8-17/h1-8,13,15,20H,9-12,19H2. The summed E-state index contributed by atoms with van der Waals surface area (Å²) in [5.74, 6) is -0.104. The monoisotopic (exact) mass is 359 g/mol. The number of nitrogens with one attached hydrogen (secondary N) is 1. The smallest absolute Gasteiger partial charge is 0.261 e. The Morgan fingerprint density at radius 2 is 1.72 bits per heavy atom. The molecule has 1 aliphatic rings. The van der Waals surface area contributed by atoms with Crippen LogP contribution in [0.1, 0.15) is 23.2 Å². The topological polar surface area (TPSA) is 92.5 Å². The summed E-state index contributed by atoms with van der Waals surface area (Å²) >= 11 is 0. The zero-order chi connectivity index (χ0) is 17.9. The largest absolute Gasteiger partial charge is 0.339 e. The highest BCUT2D eigenvalue weighted by Gasteiger charge is 2.22. The van der Waals surface area contributed by atoms with E-state index < -0.39 is 10.0 Å². The van der Waals surface area contributed by atoms with E-state index in [9.17, 15) is 13.2 Å². The lowest BCUT2D eigenvalue weighted by molar-refractivity contribution is 0.0715. The molecule has 0 saturated carbocycles. The fraction of sp³-hybridized carbons (Fsp3) is 0.278. The number of anilines is 1. The molecule has 2 aromatic rings. The van der Waals surface area contributed by atoms with Gasteiger partial charge in [-0.15, -0.1) is 0 Å². The molecule has 1 saturated heterocycles. The molecule has 3 rings (SSSR count). The van der Waals surface area contributed by atoms with Crippen molar-refractivity contribution in [2.75, 3.05) is 17.8 Å². The summed E-state index contributed by atoms with van der Waals surface area (Å²) in [6, 6.07) is 14.8. The predicted octanol–water partition coefficient (Wildman–Crippen LogP) is 2.05. The molecule has 0 aromatic heterocycles. The van der Waals surface area contributed by atoms with Gasteiger partial charge in [0.1, 0.15) is 0 Å². The number of rotatable bonds is 4. The van der Waals surface area contributed by atoms with Gasteiger partial charge in [-0.25, -0.2) is 8.42 Å². The van der Waals surface area contributed by atoms with Crippen LogP contribution in [-0.2, 0) is 10.0 Å². The van der Waals surface area contributed by atoms with Crippen molar-refractivity contribution < 1.29 is 13.2 Å². The van der Waals surface area contributed by atoms with Gasteiger partial charge < -0.3 is 10.6 Å². The van der Waals surface area contributed by atoms with E-state index in [1.165, 1.54) is 12.1 Å². The van der Waals surface area contributed by atoms with Gasteiger partial charge in [0.25, 0.3) is 15.9 Å². The summed E-state index contributed by atoms with van der Waals surface area (Å²) in [6.45, 7) is 1.25. The molecule has 3 N–H and O–H groups in total. The van der Waals surface area contributed by atoms with E-state index in [4.69, 9.17) is 5.73 Å². The second-order valence-corrected chi connectivity index (χ2v) is 7.81. The number of nitrogens with zero attached hydrogens (tertiary/aromatic N) is 1. The summed E-state index contributed by atoms with van der Waals surface area (Å²) in [5, 5.41) is 0. The zero-order valence-corrected chi connectivity index (χ0v) is 14.6. The Morgan fingerprint density at radius 3 is 2.40 bits per heavy atom. The van der Waals surface area contributed by atoms with Crippen LogP contribution in [0.5, 0.6) is 0 Å². The predicted molar refractivity (Wildman–Crippen MR) is 96.8 cm³/mol. The van der Waals surface area contributed by atoms with Crippen LogP contribution in [0, 0.1) is 0 Å². The van der Waals surface area contributed by atoms with Crippen LogP contribution < -0.4 is 10.5 Å². The first-order chi connectivity index (χ1) is 12.0. The van der Waals surface area contributed by atoms with E-state index in [0.29, 0.717) is 24.3 Å². The molecule has 0 spiro atoms. The fourth-order valence-electron chi connectivity index (χ4n) is 2.81. The average Bonchev–Trinajstić information content (AvgIpc) is 2.62. The van der Waals surface area contributed by atoms with E-state index in [2.05, 4.69) is 4.72 Å². The van der Waals surface area contributed by atoms with Gasteiger partial charge in [-0.2, -0.15) is 0 Å². The van der Waals surface area contributed by atoms with E-state index >= 15 is 0 Å². The molecular weight excluding hydrogens is 338 g/mol. The number of carbonyl (C=O) groups is 1. The molecule has 0 atom stereocenters. The zero-order valence-electron chi connectivity index (χ0n) is 13.8. The Bertz CT molecular complexity index is 845. The number of hydrogen-bond acceptors (Lipinski definition) is 4. The van der Waals surface area contributed by atoms with Crippen molar-refractivity contribution in [1.29, 1.82) is 0 Å². The second kappa shape index (κ2) is 7.25. The van der Waals surface area contributed by atoms with Crippen molar-refractivity contribution in [1.82, 2.24) is 4.90 Å². The summed E-state index contributed by atoms with van der Waals surface area (Å²) < 4.78 is 27.3. The Kier molecular flexibility index (Phi) is 5.06. The van der Waals surface area contributed by atoms with Crippen LogP contribution in [0.4, 0.5) is 5.69 Å². The van der Waals surface area contributed by atoms with Gasteiger partial charge in [0.05, 0.1) is 4.90 Å². The van der Waals surface area contributed by atoms with Gasteiger partial charge in [0.15, 0.2) is 0 Å². The third-order valence-electron chi connectivity index (χ3n) is 4.24. The highest BCUT2D eigenvalue weighted by molar-refractivity contribution is 7.92. The number of benzene rings is 2. The molecule has 1 heterocycles. The summed E-state index contributed by atoms with van der Waals surface area (Å²) in [7, 11) is -3.68. The lowest BCUT2D eigenvalue weighted by atomic mass is 10.0. The molecule has 2 aromatic carbocycles. The highest BCUT2D eigenvalue weighted by atomic mass is 32.2. The number of piperidine rings is 1. The number of likely N-dealkylation sites (tertiary alicyclic amines) is 1. The van der Waals surface area contributed by atoms with Gasteiger partial charge in [-0.05, 0) is 43.2 Å². The first-order valence-corrected chi connectivity index (χ1v) is 9.67. The molecule has 0 bridgehead atoms. The van der Waals surface area contributed by atoms with Gasteiger partial charge in [0, 0.05) is 30.4 Å². The first-order valence-electron chi connectivity index (χ1n) is 8.18. The number of carbonyl (C=O) groups excluding carboxylic acids is 1. The maximum absolute atomic E-state index is 12.6. The SMILES string of the molecule is NC1CCN(C(=O)c2cccc(NS(=O)(=O)c3ccccc3)c2)CC1. The van der Waals surface area contributed by atoms with Crippen molar-refractivity contribution in [3.8, 4) is 0 Å². The minimum atomic E-state index is -3.68. The van der Waals surface area contributed by atoms with E-state index in [1.54, 1.807) is 47.4 Å². The number of amides is 1. The summed E-state index contributed by atoms with van der Waals surface area (Å²) in [4.78, 5) is 14.5. The van der Waals surface area contributed by atoms with Crippen molar-refractivity contribution in [2.24, 2.45) is 5.73 Å². The van der Waals surface area contributed by atoms with Crippen molar-refractivity contribution in [2.45, 2.75) is 23.8 Å². The molecule has 0 aliphatic carbocycles. The molecule has 132 valence electrons. The lowest BCUT2D eigenvalue weighted by Crippen LogP contribution is -2.42. The molecule has 25 heavy (non-hydrogen) atoms. The van der Waals surface area contributed by atoms with Gasteiger partial charge in [0.2, 0.25) is 0 Å². The number of hydrogen-bond donors (Lipinski definition) is 2. The van der Waals surface area contributed by atoms with E-state index in [-0.39, 0.29) is 16.8 Å². The van der Waals surface area contributed by atoms with Crippen LogP contribution in [0.2, 0.25) is 0 Å². The quantitative estimate of drug-likeness (QED) is 0.874. The van der Waals surface area contributed by atoms with E-state index in [1.807, 2.05) is 0 Å². The van der Waals surface area contributed by atoms with E-state index in [0.717, 1.165) is 12.8 Å². The van der Waals surface area contributed by atoms with Gasteiger partial charge in [-0.3, -0.25) is 9.52 Å². The fourth-order valence-corrected chi connectivity index (χ4v) is 3.89. The van der Waals surface area contributed by atoms with Crippen molar-refractivity contribution in [3.63, 3.8) is 0 Å².